The summed E-state index contributed by atoms with van der Waals surface area (Å²) in [5.74, 6) is 0. The highest BCUT2D eigenvalue weighted by molar-refractivity contribution is 9.10. The van der Waals surface area contributed by atoms with Gasteiger partial charge in [-0.2, -0.15) is 0 Å². The summed E-state index contributed by atoms with van der Waals surface area (Å²) in [6.45, 7) is 9.32. The van der Waals surface area contributed by atoms with Gasteiger partial charge < -0.3 is 10.1 Å². The van der Waals surface area contributed by atoms with Gasteiger partial charge in [-0.15, -0.1) is 29.3 Å². The molecule has 0 saturated heterocycles. The molecule has 3 heterocycles. The van der Waals surface area contributed by atoms with Crippen LogP contribution < -0.4 is 5.32 Å². The maximum absolute atomic E-state index is 12.1. The lowest BCUT2D eigenvalue weighted by Gasteiger charge is -2.22. The molecule has 0 unspecified atom stereocenters. The number of amides is 1. The van der Waals surface area contributed by atoms with Gasteiger partial charge in [0.15, 0.2) is 0 Å². The van der Waals surface area contributed by atoms with Gasteiger partial charge in [-0.1, -0.05) is 17.7 Å². The zero-order chi connectivity index (χ0) is 21.2. The average Bonchev–Trinajstić information content (AvgIpc) is 3.22. The first-order valence-electron chi connectivity index (χ1n) is 8.80. The fourth-order valence-electron chi connectivity index (χ4n) is 2.61. The van der Waals surface area contributed by atoms with Crippen molar-refractivity contribution in [2.45, 2.75) is 38.8 Å². The number of aromatic nitrogens is 2. The summed E-state index contributed by atoms with van der Waals surface area (Å²) >= 11 is 13.1. The van der Waals surface area contributed by atoms with E-state index in [1.165, 1.54) is 0 Å². The van der Waals surface area contributed by atoms with Crippen LogP contribution in [0.1, 0.15) is 36.2 Å². The van der Waals surface area contributed by atoms with Crippen molar-refractivity contribution in [3.05, 3.63) is 61.8 Å². The Bertz CT molecular complexity index is 1030. The first-order chi connectivity index (χ1) is 13.7. The molecule has 0 aliphatic heterocycles. The van der Waals surface area contributed by atoms with Crippen molar-refractivity contribution in [1.29, 1.82) is 0 Å². The van der Waals surface area contributed by atoms with Crippen LogP contribution >= 0.6 is 50.2 Å². The minimum atomic E-state index is -0.560. The number of hydrogen-bond acceptors (Lipinski definition) is 6. The number of pyridine rings is 1. The van der Waals surface area contributed by atoms with Crippen molar-refractivity contribution in [3.8, 4) is 0 Å². The fourth-order valence-corrected chi connectivity index (χ4v) is 5.38. The van der Waals surface area contributed by atoms with Gasteiger partial charge in [-0.25, -0.2) is 14.8 Å². The zero-order valence-electron chi connectivity index (χ0n) is 16.2. The number of alkyl carbamates (subject to hydrolysis) is 1. The second kappa shape index (κ2) is 9.12. The van der Waals surface area contributed by atoms with Crippen LogP contribution in [0.25, 0.3) is 10.2 Å². The standard InChI is InChI=1S/C20H20BrClN3O2S2/c1-5-12(24-19(26)27-20(2,3)4)10-13-16(21)17-18(29-13)11(8-14(22)25-17)9-15-23-6-7-28-15/h5-9,12H,1,10H2,2-4H3,(H,24,26)/t12-/m0/s1. The monoisotopic (exact) mass is 512 g/mol. The predicted molar refractivity (Wildman–Crippen MR) is 124 cm³/mol. The number of rotatable bonds is 6. The first kappa shape index (κ1) is 22.2. The van der Waals surface area contributed by atoms with Crippen molar-refractivity contribution in [3.63, 3.8) is 0 Å². The van der Waals surface area contributed by atoms with Crippen molar-refractivity contribution >= 4 is 66.5 Å². The van der Waals surface area contributed by atoms with Crippen LogP contribution in [0.4, 0.5) is 4.79 Å². The third kappa shape index (κ3) is 5.78. The highest BCUT2D eigenvalue weighted by Crippen LogP contribution is 2.39. The smallest absolute Gasteiger partial charge is 0.408 e. The van der Waals surface area contributed by atoms with Gasteiger partial charge in [0.05, 0.1) is 27.2 Å². The van der Waals surface area contributed by atoms with Crippen LogP contribution in [0.15, 0.2) is 34.8 Å². The summed E-state index contributed by atoms with van der Waals surface area (Å²) in [5.41, 5.74) is 1.19. The highest BCUT2D eigenvalue weighted by atomic mass is 79.9. The van der Waals surface area contributed by atoms with E-state index in [-0.39, 0.29) is 6.04 Å². The zero-order valence-corrected chi connectivity index (χ0v) is 20.1. The molecule has 0 fully saturated rings. The number of carbonyl (C=O) groups excluding carboxylic acids is 1. The lowest BCUT2D eigenvalue weighted by atomic mass is 10.1. The Hall–Kier alpha value is -1.48. The Kier molecular flexibility index (Phi) is 6.98. The van der Waals surface area contributed by atoms with E-state index in [1.54, 1.807) is 34.9 Å². The van der Waals surface area contributed by atoms with Gasteiger partial charge >= 0.3 is 6.09 Å². The third-order valence-electron chi connectivity index (χ3n) is 3.77. The van der Waals surface area contributed by atoms with E-state index >= 15 is 0 Å². The lowest BCUT2D eigenvalue weighted by Crippen LogP contribution is -2.39. The molecular weight excluding hydrogens is 494 g/mol. The SMILES string of the molecule is C=C[C@@H](Cc1sc2c([CH]c3nccs3)cc(Cl)nc2c1Br)NC(=O)OC(C)(C)C. The van der Waals surface area contributed by atoms with E-state index in [4.69, 9.17) is 16.3 Å². The molecule has 5 nitrogen and oxygen atoms in total. The number of halogens is 2. The molecule has 0 saturated carbocycles. The molecule has 1 N–H and O–H groups in total. The molecule has 0 spiro atoms. The minimum absolute atomic E-state index is 0.281. The highest BCUT2D eigenvalue weighted by Gasteiger charge is 2.22. The second-order valence-electron chi connectivity index (χ2n) is 7.26. The van der Waals surface area contributed by atoms with Crippen LogP contribution in [0, 0.1) is 6.42 Å². The number of thiophene rings is 1. The van der Waals surface area contributed by atoms with Gasteiger partial charge in [-0.05, 0) is 48.3 Å². The normalized spacial score (nSPS) is 12.7. The molecule has 0 bridgehead atoms. The number of hydrogen-bond donors (Lipinski definition) is 1. The van der Waals surface area contributed by atoms with E-state index in [1.807, 2.05) is 38.6 Å². The molecule has 9 heteroatoms. The molecule has 0 aromatic carbocycles. The molecule has 3 rings (SSSR count). The second-order valence-corrected chi connectivity index (χ2v) is 10.5. The van der Waals surface area contributed by atoms with Crippen molar-refractivity contribution in [1.82, 2.24) is 15.3 Å². The summed E-state index contributed by atoms with van der Waals surface area (Å²) in [4.78, 5) is 22.0. The van der Waals surface area contributed by atoms with Gasteiger partial charge in [0, 0.05) is 22.9 Å². The van der Waals surface area contributed by atoms with E-state index in [9.17, 15) is 4.79 Å². The van der Waals surface area contributed by atoms with Crippen molar-refractivity contribution < 1.29 is 9.53 Å². The number of nitrogens with zero attached hydrogens (tertiary/aromatic N) is 2. The average molecular weight is 514 g/mol. The maximum Gasteiger partial charge on any atom is 0.408 e. The molecule has 0 aliphatic rings. The first-order valence-corrected chi connectivity index (χ1v) is 11.7. The van der Waals surface area contributed by atoms with Crippen molar-refractivity contribution in [2.24, 2.45) is 0 Å². The Morgan fingerprint density at radius 2 is 2.24 bits per heavy atom. The molecule has 153 valence electrons. The van der Waals surface area contributed by atoms with Crippen LogP contribution in [0.2, 0.25) is 5.15 Å². The van der Waals surface area contributed by atoms with Crippen LogP contribution in [0.5, 0.6) is 0 Å². The number of carbonyl (C=O) groups is 1. The molecule has 1 amide bonds. The van der Waals surface area contributed by atoms with E-state index < -0.39 is 11.7 Å². The Morgan fingerprint density at radius 1 is 1.48 bits per heavy atom. The molecule has 0 aliphatic carbocycles. The van der Waals surface area contributed by atoms with Gasteiger partial charge in [0.2, 0.25) is 0 Å². The molecule has 3 aromatic rings. The largest absolute Gasteiger partial charge is 0.444 e. The topological polar surface area (TPSA) is 64.1 Å². The third-order valence-corrected chi connectivity index (χ3v) is 7.05. The predicted octanol–water partition coefficient (Wildman–Crippen LogP) is 6.39. The number of ether oxygens (including phenoxy) is 1. The molecular formula is C20H20BrClN3O2S2. The van der Waals surface area contributed by atoms with Crippen LogP contribution in [-0.4, -0.2) is 27.7 Å². The van der Waals surface area contributed by atoms with Gasteiger partial charge in [-0.3, -0.25) is 0 Å². The molecule has 29 heavy (non-hydrogen) atoms. The molecule has 3 aromatic heterocycles. The summed E-state index contributed by atoms with van der Waals surface area (Å²) in [6, 6.07) is 1.55. The Morgan fingerprint density at radius 3 is 2.86 bits per heavy atom. The van der Waals surface area contributed by atoms with E-state index in [0.29, 0.717) is 11.6 Å². The number of nitrogens with one attached hydrogen (secondary N) is 1. The Labute approximate surface area is 191 Å². The van der Waals surface area contributed by atoms with Crippen LogP contribution in [0.3, 0.4) is 0 Å². The molecule has 1 radical (unpaired) electrons. The van der Waals surface area contributed by atoms with Gasteiger partial charge in [0.1, 0.15) is 15.8 Å². The number of fused-ring (bicyclic) bond motifs is 1. The lowest BCUT2D eigenvalue weighted by molar-refractivity contribution is 0.0514. The molecule has 1 atom stereocenters. The summed E-state index contributed by atoms with van der Waals surface area (Å²) in [6.07, 6.45) is 5.54. The minimum Gasteiger partial charge on any atom is -0.444 e. The maximum atomic E-state index is 12.1. The number of thiazole rings is 1. The quantitative estimate of drug-likeness (QED) is 0.306. The summed E-state index contributed by atoms with van der Waals surface area (Å²) < 4.78 is 7.22. The van der Waals surface area contributed by atoms with Gasteiger partial charge in [0.25, 0.3) is 0 Å². The van der Waals surface area contributed by atoms with E-state index in [0.717, 1.165) is 30.1 Å². The van der Waals surface area contributed by atoms with E-state index in [2.05, 4.69) is 37.8 Å². The fraction of sp³-hybridized carbons (Fsp3) is 0.300. The summed E-state index contributed by atoms with van der Waals surface area (Å²) in [5, 5.41) is 6.09. The van der Waals surface area contributed by atoms with Crippen molar-refractivity contribution in [2.75, 3.05) is 0 Å². The Balaban J connectivity index is 1.86. The summed E-state index contributed by atoms with van der Waals surface area (Å²) in [7, 11) is 0. The van der Waals surface area contributed by atoms with Crippen LogP contribution in [-0.2, 0) is 11.2 Å².